The highest BCUT2D eigenvalue weighted by Gasteiger charge is 2.16. The van der Waals surface area contributed by atoms with E-state index in [4.69, 9.17) is 10.5 Å². The number of ether oxygens (including phenoxy) is 1. The molecule has 0 aliphatic carbocycles. The Hall–Kier alpha value is -2.60. The molecule has 1 fully saturated rings. The molecule has 2 aromatic heterocycles. The van der Waals surface area contributed by atoms with Crippen LogP contribution in [0.25, 0.3) is 11.3 Å². The molecule has 6 nitrogen and oxygen atoms in total. The second-order valence-electron chi connectivity index (χ2n) is 5.34. The van der Waals surface area contributed by atoms with E-state index >= 15 is 0 Å². The van der Waals surface area contributed by atoms with Crippen LogP contribution in [0.15, 0.2) is 48.2 Å². The first-order valence-electron chi connectivity index (χ1n) is 7.63. The van der Waals surface area contributed by atoms with Crippen molar-refractivity contribution in [1.82, 2.24) is 14.3 Å². The highest BCUT2D eigenvalue weighted by atomic mass is 16.5. The molecule has 0 unspecified atom stereocenters. The van der Waals surface area contributed by atoms with Gasteiger partial charge in [0, 0.05) is 31.6 Å². The third-order valence-electron chi connectivity index (χ3n) is 3.82. The SMILES string of the molecule is C=CN=C(/C=C(\N)c1c(C)nc2ccccn12)N1CCOCC1. The number of rotatable bonds is 3. The maximum atomic E-state index is 6.37. The fraction of sp³-hybridized carbons (Fsp3) is 0.294. The zero-order valence-electron chi connectivity index (χ0n) is 13.3. The van der Waals surface area contributed by atoms with Gasteiger partial charge in [0.1, 0.15) is 11.5 Å². The number of aliphatic imine (C=N–C) groups is 1. The molecule has 23 heavy (non-hydrogen) atoms. The predicted molar refractivity (Wildman–Crippen MR) is 92.1 cm³/mol. The Morgan fingerprint density at radius 3 is 2.91 bits per heavy atom. The lowest BCUT2D eigenvalue weighted by Crippen LogP contribution is -2.40. The Bertz CT molecular complexity index is 768. The monoisotopic (exact) mass is 311 g/mol. The molecule has 1 aliphatic rings. The van der Waals surface area contributed by atoms with Crippen molar-refractivity contribution in [3.63, 3.8) is 0 Å². The first-order valence-corrected chi connectivity index (χ1v) is 7.63. The van der Waals surface area contributed by atoms with Crippen LogP contribution in [0.3, 0.4) is 0 Å². The van der Waals surface area contributed by atoms with Gasteiger partial charge in [-0.3, -0.25) is 4.40 Å². The minimum Gasteiger partial charge on any atom is -0.397 e. The minimum absolute atomic E-state index is 0.633. The van der Waals surface area contributed by atoms with Gasteiger partial charge in [0.2, 0.25) is 0 Å². The van der Waals surface area contributed by atoms with Gasteiger partial charge in [0.25, 0.3) is 0 Å². The molecule has 3 heterocycles. The molecule has 0 spiro atoms. The van der Waals surface area contributed by atoms with Crippen LogP contribution in [-0.4, -0.2) is 46.4 Å². The van der Waals surface area contributed by atoms with Crippen LogP contribution in [0.5, 0.6) is 0 Å². The molecule has 0 atom stereocenters. The largest absolute Gasteiger partial charge is 0.397 e. The summed E-state index contributed by atoms with van der Waals surface area (Å²) in [6, 6.07) is 5.89. The molecule has 2 aromatic rings. The molecular weight excluding hydrogens is 290 g/mol. The third-order valence-corrected chi connectivity index (χ3v) is 3.82. The Kier molecular flexibility index (Phi) is 4.43. The summed E-state index contributed by atoms with van der Waals surface area (Å²) in [6.45, 7) is 8.63. The summed E-state index contributed by atoms with van der Waals surface area (Å²) in [5.41, 5.74) is 9.67. The van der Waals surface area contributed by atoms with Gasteiger partial charge in [-0.05, 0) is 19.1 Å². The van der Waals surface area contributed by atoms with E-state index in [1.165, 1.54) is 6.20 Å². The van der Waals surface area contributed by atoms with Gasteiger partial charge < -0.3 is 15.4 Å². The zero-order chi connectivity index (χ0) is 16.2. The van der Waals surface area contributed by atoms with Gasteiger partial charge in [-0.15, -0.1) is 0 Å². The van der Waals surface area contributed by atoms with Crippen molar-refractivity contribution in [1.29, 1.82) is 0 Å². The van der Waals surface area contributed by atoms with Crippen LogP contribution < -0.4 is 5.73 Å². The highest BCUT2D eigenvalue weighted by molar-refractivity contribution is 5.99. The van der Waals surface area contributed by atoms with Gasteiger partial charge in [-0.1, -0.05) is 12.6 Å². The van der Waals surface area contributed by atoms with Crippen LogP contribution in [0.4, 0.5) is 0 Å². The average Bonchev–Trinajstić information content (AvgIpc) is 2.91. The van der Waals surface area contributed by atoms with Crippen molar-refractivity contribution in [2.24, 2.45) is 10.7 Å². The molecule has 1 saturated heterocycles. The second kappa shape index (κ2) is 6.66. The number of morpholine rings is 1. The van der Waals surface area contributed by atoms with E-state index in [0.717, 1.165) is 36.0 Å². The van der Waals surface area contributed by atoms with E-state index in [0.29, 0.717) is 18.9 Å². The number of hydrogen-bond donors (Lipinski definition) is 1. The number of nitrogens with two attached hydrogens (primary N) is 1. The summed E-state index contributed by atoms with van der Waals surface area (Å²) in [5, 5.41) is 0. The molecule has 0 aromatic carbocycles. The van der Waals surface area contributed by atoms with Gasteiger partial charge >= 0.3 is 0 Å². The number of fused-ring (bicyclic) bond motifs is 1. The number of amidine groups is 1. The quantitative estimate of drug-likeness (QED) is 0.693. The molecule has 2 N–H and O–H groups in total. The number of pyridine rings is 1. The smallest absolute Gasteiger partial charge is 0.137 e. The number of nitrogens with zero attached hydrogens (tertiary/aromatic N) is 4. The summed E-state index contributed by atoms with van der Waals surface area (Å²) < 4.78 is 7.39. The lowest BCUT2D eigenvalue weighted by Gasteiger charge is -2.28. The Balaban J connectivity index is 2.00. The molecule has 0 bridgehead atoms. The lowest BCUT2D eigenvalue weighted by atomic mass is 10.2. The van der Waals surface area contributed by atoms with E-state index in [2.05, 4.69) is 21.5 Å². The summed E-state index contributed by atoms with van der Waals surface area (Å²) in [4.78, 5) is 11.1. The van der Waals surface area contributed by atoms with Crippen LogP contribution >= 0.6 is 0 Å². The van der Waals surface area contributed by atoms with Crippen LogP contribution in [0.1, 0.15) is 11.4 Å². The molecule has 6 heteroatoms. The number of aromatic nitrogens is 2. The summed E-state index contributed by atoms with van der Waals surface area (Å²) in [6.07, 6.45) is 5.39. The first kappa shape index (κ1) is 15.3. The topological polar surface area (TPSA) is 68.1 Å². The molecule has 0 radical (unpaired) electrons. The summed E-state index contributed by atoms with van der Waals surface area (Å²) in [7, 11) is 0. The van der Waals surface area contributed by atoms with Gasteiger partial charge in [0.15, 0.2) is 0 Å². The standard InChI is InChI=1S/C17H21N5O/c1-3-19-16(21-8-10-23-11-9-21)12-14(18)17-13(2)20-15-6-4-5-7-22(15)17/h3-7,12H,1,8-11,18H2,2H3/b14-12-,19-16?. The zero-order valence-corrected chi connectivity index (χ0v) is 13.3. The number of hydrogen-bond acceptors (Lipinski definition) is 4. The molecule has 3 rings (SSSR count). The number of imidazole rings is 1. The van der Waals surface area contributed by atoms with Crippen molar-refractivity contribution >= 4 is 17.2 Å². The van der Waals surface area contributed by atoms with Crippen molar-refractivity contribution in [3.05, 3.63) is 54.6 Å². The Morgan fingerprint density at radius 2 is 2.17 bits per heavy atom. The predicted octanol–water partition coefficient (Wildman–Crippen LogP) is 1.82. The van der Waals surface area contributed by atoms with Crippen LogP contribution in [0, 0.1) is 6.92 Å². The molecule has 1 aliphatic heterocycles. The highest BCUT2D eigenvalue weighted by Crippen LogP contribution is 2.18. The van der Waals surface area contributed by atoms with E-state index < -0.39 is 0 Å². The van der Waals surface area contributed by atoms with Crippen molar-refractivity contribution < 1.29 is 4.74 Å². The maximum Gasteiger partial charge on any atom is 0.137 e. The number of aryl methyl sites for hydroxylation is 1. The first-order chi connectivity index (χ1) is 11.2. The second-order valence-corrected chi connectivity index (χ2v) is 5.34. The fourth-order valence-corrected chi connectivity index (χ4v) is 2.76. The Labute approximate surface area is 135 Å². The fourth-order valence-electron chi connectivity index (χ4n) is 2.76. The van der Waals surface area contributed by atoms with Crippen LogP contribution in [0.2, 0.25) is 0 Å². The van der Waals surface area contributed by atoms with Gasteiger partial charge in [-0.2, -0.15) is 0 Å². The van der Waals surface area contributed by atoms with Gasteiger partial charge in [-0.25, -0.2) is 9.98 Å². The third kappa shape index (κ3) is 3.12. The average molecular weight is 311 g/mol. The van der Waals surface area contributed by atoms with E-state index in [-0.39, 0.29) is 0 Å². The Morgan fingerprint density at radius 1 is 1.39 bits per heavy atom. The summed E-state index contributed by atoms with van der Waals surface area (Å²) >= 11 is 0. The van der Waals surface area contributed by atoms with E-state index in [1.54, 1.807) is 0 Å². The van der Waals surface area contributed by atoms with Crippen molar-refractivity contribution in [2.45, 2.75) is 6.92 Å². The minimum atomic E-state index is 0.633. The molecule has 120 valence electrons. The lowest BCUT2D eigenvalue weighted by molar-refractivity contribution is 0.0684. The van der Waals surface area contributed by atoms with Gasteiger partial charge in [0.05, 0.1) is 30.3 Å². The molecule has 0 amide bonds. The normalized spacial score (nSPS) is 16.8. The maximum absolute atomic E-state index is 6.37. The van der Waals surface area contributed by atoms with Crippen LogP contribution in [-0.2, 0) is 4.74 Å². The molecule has 0 saturated carbocycles. The van der Waals surface area contributed by atoms with E-state index in [1.807, 2.05) is 41.8 Å². The van der Waals surface area contributed by atoms with Crippen molar-refractivity contribution in [3.8, 4) is 0 Å². The van der Waals surface area contributed by atoms with E-state index in [9.17, 15) is 0 Å². The molecular formula is C17H21N5O. The van der Waals surface area contributed by atoms with Crippen molar-refractivity contribution in [2.75, 3.05) is 26.3 Å². The summed E-state index contributed by atoms with van der Waals surface area (Å²) in [5.74, 6) is 0.797.